The summed E-state index contributed by atoms with van der Waals surface area (Å²) < 4.78 is 6.52. The monoisotopic (exact) mass is 439 g/mol. The molecule has 1 atom stereocenters. The van der Waals surface area contributed by atoms with E-state index in [0.29, 0.717) is 15.2 Å². The maximum Gasteiger partial charge on any atom is 0.131 e. The quantitative estimate of drug-likeness (QED) is 0.317. The van der Waals surface area contributed by atoms with E-state index in [1.54, 1.807) is 0 Å². The van der Waals surface area contributed by atoms with Crippen molar-refractivity contribution < 1.29 is 4.74 Å². The summed E-state index contributed by atoms with van der Waals surface area (Å²) >= 11 is 0. The summed E-state index contributed by atoms with van der Waals surface area (Å²) in [6.07, 6.45) is 0.864. The summed E-state index contributed by atoms with van der Waals surface area (Å²) in [5, 5.41) is 2.64. The summed E-state index contributed by atoms with van der Waals surface area (Å²) in [6, 6.07) is 36.4. The highest BCUT2D eigenvalue weighted by atomic mass is 31.1. The molecule has 0 aliphatic heterocycles. The van der Waals surface area contributed by atoms with Gasteiger partial charge < -0.3 is 9.64 Å². The van der Waals surface area contributed by atoms with Gasteiger partial charge in [0, 0.05) is 18.3 Å². The van der Waals surface area contributed by atoms with Crippen molar-refractivity contribution in [1.82, 2.24) is 4.90 Å². The van der Waals surface area contributed by atoms with Crippen molar-refractivity contribution in [3.8, 4) is 5.75 Å². The van der Waals surface area contributed by atoms with E-state index in [4.69, 9.17) is 4.74 Å². The van der Waals surface area contributed by atoms with Gasteiger partial charge >= 0.3 is 0 Å². The minimum Gasteiger partial charge on any atom is -0.488 e. The second kappa shape index (κ2) is 11.1. The summed E-state index contributed by atoms with van der Waals surface area (Å²) in [5.74, 6) is 1.03. The van der Waals surface area contributed by atoms with E-state index in [9.17, 15) is 0 Å². The van der Waals surface area contributed by atoms with Crippen LogP contribution >= 0.6 is 8.58 Å². The van der Waals surface area contributed by atoms with Crippen molar-refractivity contribution in [3.05, 3.63) is 125 Å². The Kier molecular flexibility index (Phi) is 7.72. The fourth-order valence-corrected chi connectivity index (χ4v) is 5.12. The standard InChI is InChI=1S/C29H30NOP/c1-30(2)21-26-16-9-10-18-27(26)32-28-19-11-17-25(20-23-12-5-3-6-13-23)29(28)31-22-24-14-7-4-8-15-24/h3-19,32H,20-22H2,1-2H3. The first kappa shape index (κ1) is 22.3. The lowest BCUT2D eigenvalue weighted by Gasteiger charge is -2.19. The third-order valence-corrected chi connectivity index (χ3v) is 6.75. The molecule has 2 nitrogen and oxygen atoms in total. The van der Waals surface area contributed by atoms with E-state index < -0.39 is 0 Å². The topological polar surface area (TPSA) is 12.5 Å². The molecule has 0 saturated heterocycles. The van der Waals surface area contributed by atoms with Crippen molar-refractivity contribution in [2.75, 3.05) is 14.1 Å². The number of nitrogens with zero attached hydrogens (tertiary/aromatic N) is 1. The molecule has 0 amide bonds. The minimum absolute atomic E-state index is 0.547. The van der Waals surface area contributed by atoms with Crippen LogP contribution in [0.1, 0.15) is 22.3 Å². The van der Waals surface area contributed by atoms with Gasteiger partial charge in [0.05, 0.1) is 0 Å². The molecule has 0 fully saturated rings. The van der Waals surface area contributed by atoms with Crippen molar-refractivity contribution >= 4 is 19.2 Å². The fourth-order valence-electron chi connectivity index (χ4n) is 3.80. The van der Waals surface area contributed by atoms with Crippen LogP contribution in [0.4, 0.5) is 0 Å². The Morgan fingerprint density at radius 1 is 0.625 bits per heavy atom. The normalized spacial score (nSPS) is 11.3. The zero-order valence-corrected chi connectivity index (χ0v) is 19.8. The van der Waals surface area contributed by atoms with Gasteiger partial charge in [-0.1, -0.05) is 112 Å². The predicted molar refractivity (Wildman–Crippen MR) is 138 cm³/mol. The molecule has 0 N–H and O–H groups in total. The van der Waals surface area contributed by atoms with Crippen LogP contribution in [0.15, 0.2) is 103 Å². The van der Waals surface area contributed by atoms with Gasteiger partial charge in [0.2, 0.25) is 0 Å². The van der Waals surface area contributed by atoms with E-state index in [0.717, 1.165) is 18.7 Å². The summed E-state index contributed by atoms with van der Waals surface area (Å²) in [4.78, 5) is 2.22. The van der Waals surface area contributed by atoms with Gasteiger partial charge in [-0.25, -0.2) is 0 Å². The highest BCUT2D eigenvalue weighted by Gasteiger charge is 2.14. The van der Waals surface area contributed by atoms with Crippen LogP contribution in [0.25, 0.3) is 0 Å². The highest BCUT2D eigenvalue weighted by molar-refractivity contribution is 7.55. The van der Waals surface area contributed by atoms with Crippen LogP contribution in [0.3, 0.4) is 0 Å². The molecule has 162 valence electrons. The third-order valence-electron chi connectivity index (χ3n) is 5.33. The van der Waals surface area contributed by atoms with Gasteiger partial charge in [-0.15, -0.1) is 0 Å². The molecule has 0 radical (unpaired) electrons. The first-order chi connectivity index (χ1) is 15.7. The predicted octanol–water partition coefficient (Wildman–Crippen LogP) is 5.55. The number of benzene rings is 4. The lowest BCUT2D eigenvalue weighted by Crippen LogP contribution is -2.18. The van der Waals surface area contributed by atoms with Gasteiger partial charge in [-0.05, 0) is 41.7 Å². The van der Waals surface area contributed by atoms with E-state index in [1.807, 2.05) is 6.07 Å². The molecule has 0 aliphatic carbocycles. The Morgan fingerprint density at radius 2 is 1.22 bits per heavy atom. The minimum atomic E-state index is 0.547. The Labute approximate surface area is 193 Å². The lowest BCUT2D eigenvalue weighted by molar-refractivity contribution is 0.306. The molecule has 0 aliphatic rings. The van der Waals surface area contributed by atoms with E-state index >= 15 is 0 Å². The largest absolute Gasteiger partial charge is 0.488 e. The van der Waals surface area contributed by atoms with Crippen LogP contribution in [-0.4, -0.2) is 19.0 Å². The molecular weight excluding hydrogens is 409 g/mol. The van der Waals surface area contributed by atoms with Crippen LogP contribution in [0.5, 0.6) is 5.75 Å². The molecule has 1 unspecified atom stereocenters. The van der Waals surface area contributed by atoms with Crippen LogP contribution in [-0.2, 0) is 19.6 Å². The number of para-hydroxylation sites is 1. The molecule has 4 aromatic rings. The first-order valence-electron chi connectivity index (χ1n) is 11.0. The van der Waals surface area contributed by atoms with E-state index in [-0.39, 0.29) is 0 Å². The second-order valence-electron chi connectivity index (χ2n) is 8.25. The van der Waals surface area contributed by atoms with Crippen LogP contribution in [0.2, 0.25) is 0 Å². The van der Waals surface area contributed by atoms with Gasteiger partial charge in [0.1, 0.15) is 12.4 Å². The highest BCUT2D eigenvalue weighted by Crippen LogP contribution is 2.28. The molecule has 0 aromatic heterocycles. The number of ether oxygens (including phenoxy) is 1. The molecule has 4 aromatic carbocycles. The average Bonchev–Trinajstić information content (AvgIpc) is 2.81. The van der Waals surface area contributed by atoms with Gasteiger partial charge in [-0.2, -0.15) is 0 Å². The zero-order valence-electron chi connectivity index (χ0n) is 18.8. The molecule has 3 heteroatoms. The molecule has 4 rings (SSSR count). The summed E-state index contributed by atoms with van der Waals surface area (Å²) in [6.45, 7) is 1.51. The number of hydrogen-bond acceptors (Lipinski definition) is 2. The Balaban J connectivity index is 1.67. The summed E-state index contributed by atoms with van der Waals surface area (Å²) in [7, 11) is 4.79. The van der Waals surface area contributed by atoms with Crippen molar-refractivity contribution in [3.63, 3.8) is 0 Å². The molecular formula is C29H30NOP. The molecule has 0 saturated carbocycles. The van der Waals surface area contributed by atoms with Crippen LogP contribution in [0, 0.1) is 0 Å². The van der Waals surface area contributed by atoms with Crippen molar-refractivity contribution in [2.45, 2.75) is 19.6 Å². The second-order valence-corrected chi connectivity index (χ2v) is 9.58. The van der Waals surface area contributed by atoms with E-state index in [1.165, 1.54) is 32.9 Å². The number of rotatable bonds is 9. The fraction of sp³-hybridized carbons (Fsp3) is 0.172. The Morgan fingerprint density at radius 3 is 1.94 bits per heavy atom. The van der Waals surface area contributed by atoms with Gasteiger partial charge in [0.25, 0.3) is 0 Å². The molecule has 0 spiro atoms. The van der Waals surface area contributed by atoms with Crippen molar-refractivity contribution in [2.24, 2.45) is 0 Å². The SMILES string of the molecule is CN(C)Cc1ccccc1Pc1cccc(Cc2ccccc2)c1OCc1ccccc1. The molecule has 0 heterocycles. The zero-order chi connectivity index (χ0) is 22.2. The average molecular weight is 440 g/mol. The van der Waals surface area contributed by atoms with E-state index in [2.05, 4.69) is 116 Å². The number of hydrogen-bond donors (Lipinski definition) is 0. The lowest BCUT2D eigenvalue weighted by atomic mass is 10.0. The maximum atomic E-state index is 6.52. The Bertz CT molecular complexity index is 1130. The first-order valence-corrected chi connectivity index (χ1v) is 12.0. The molecule has 32 heavy (non-hydrogen) atoms. The Hall–Kier alpha value is -2.93. The maximum absolute atomic E-state index is 6.52. The van der Waals surface area contributed by atoms with Gasteiger partial charge in [-0.3, -0.25) is 0 Å². The molecule has 0 bridgehead atoms. The third kappa shape index (κ3) is 6.07. The van der Waals surface area contributed by atoms with Crippen molar-refractivity contribution in [1.29, 1.82) is 0 Å². The summed E-state index contributed by atoms with van der Waals surface area (Å²) in [5.41, 5.74) is 5.09. The van der Waals surface area contributed by atoms with Gasteiger partial charge in [0.15, 0.2) is 0 Å². The van der Waals surface area contributed by atoms with Crippen LogP contribution < -0.4 is 15.3 Å². The smallest absolute Gasteiger partial charge is 0.131 e.